The molecule has 3 rings (SSSR count). The van der Waals surface area contributed by atoms with Crippen LogP contribution >= 0.6 is 0 Å². The number of nitrogens with zero attached hydrogens (tertiary/aromatic N) is 1. The maximum Gasteiger partial charge on any atom is 0.389 e. The number of amides is 1. The average molecular weight is 357 g/mol. The van der Waals surface area contributed by atoms with Gasteiger partial charge in [-0.2, -0.15) is 13.2 Å². The number of carbonyl (C=O) groups excluding carboxylic acids is 1. The van der Waals surface area contributed by atoms with E-state index >= 15 is 0 Å². The Kier molecular flexibility index (Phi) is 4.38. The molecule has 0 spiro atoms. The molecule has 1 fully saturated rings. The fourth-order valence-corrected chi connectivity index (χ4v) is 3.62. The number of hydrogen-bond donors (Lipinski definition) is 1. The molecular formula is C17H18F3NO4. The van der Waals surface area contributed by atoms with Crippen LogP contribution in [0.4, 0.5) is 13.2 Å². The van der Waals surface area contributed by atoms with Crippen molar-refractivity contribution in [2.45, 2.75) is 25.4 Å². The smallest absolute Gasteiger partial charge is 0.389 e. The topological polar surface area (TPSA) is 66.8 Å². The summed E-state index contributed by atoms with van der Waals surface area (Å²) in [7, 11) is 0. The van der Waals surface area contributed by atoms with E-state index in [9.17, 15) is 27.9 Å². The maximum atomic E-state index is 12.3. The highest BCUT2D eigenvalue weighted by Gasteiger charge is 2.55. The molecule has 0 aliphatic carbocycles. The second-order valence-corrected chi connectivity index (χ2v) is 6.64. The summed E-state index contributed by atoms with van der Waals surface area (Å²) >= 11 is 0. The number of para-hydroxylation sites is 1. The molecular weight excluding hydrogens is 339 g/mol. The van der Waals surface area contributed by atoms with Crippen molar-refractivity contribution in [3.8, 4) is 5.75 Å². The van der Waals surface area contributed by atoms with Crippen molar-refractivity contribution in [2.24, 2.45) is 11.3 Å². The lowest BCUT2D eigenvalue weighted by molar-refractivity contribution is -0.152. The molecule has 25 heavy (non-hydrogen) atoms. The minimum Gasteiger partial charge on any atom is -0.493 e. The number of hydrogen-bond acceptors (Lipinski definition) is 3. The first kappa shape index (κ1) is 17.6. The van der Waals surface area contributed by atoms with Gasteiger partial charge in [0.05, 0.1) is 18.4 Å². The van der Waals surface area contributed by atoms with Gasteiger partial charge in [-0.25, -0.2) is 0 Å². The van der Waals surface area contributed by atoms with E-state index in [1.165, 1.54) is 4.90 Å². The molecule has 2 aliphatic rings. The van der Waals surface area contributed by atoms with Crippen LogP contribution in [0.25, 0.3) is 0 Å². The Hall–Kier alpha value is -2.25. The summed E-state index contributed by atoms with van der Waals surface area (Å²) < 4.78 is 42.7. The van der Waals surface area contributed by atoms with E-state index in [0.29, 0.717) is 5.75 Å². The van der Waals surface area contributed by atoms with Crippen molar-refractivity contribution in [3.63, 3.8) is 0 Å². The van der Waals surface area contributed by atoms with Crippen LogP contribution in [0, 0.1) is 11.3 Å². The third-order valence-electron chi connectivity index (χ3n) is 5.01. The standard InChI is InChI=1S/C17H18F3NO4/c18-17(19,20)6-5-14(22)21-8-12-9-25-13-4-2-1-3-11(13)7-16(12,10-21)15(23)24/h1-4,12H,5-10H2,(H,23,24)/t12-,16+/m0/s1. The minimum absolute atomic E-state index is 0.0942. The van der Waals surface area contributed by atoms with Gasteiger partial charge in [0.1, 0.15) is 5.75 Å². The molecule has 5 nitrogen and oxygen atoms in total. The Bertz CT molecular complexity index is 691. The number of carbonyl (C=O) groups is 2. The van der Waals surface area contributed by atoms with Crippen molar-refractivity contribution in [2.75, 3.05) is 19.7 Å². The number of likely N-dealkylation sites (tertiary alicyclic amines) is 1. The number of carboxylic acids is 1. The number of ether oxygens (including phenoxy) is 1. The largest absolute Gasteiger partial charge is 0.493 e. The van der Waals surface area contributed by atoms with Crippen LogP contribution in [0.3, 0.4) is 0 Å². The Labute approximate surface area is 142 Å². The van der Waals surface area contributed by atoms with Gasteiger partial charge in [-0.05, 0) is 18.1 Å². The predicted molar refractivity (Wildman–Crippen MR) is 81.1 cm³/mol. The third kappa shape index (κ3) is 3.43. The highest BCUT2D eigenvalue weighted by atomic mass is 19.4. The summed E-state index contributed by atoms with van der Waals surface area (Å²) in [6.45, 7) is 0.116. The third-order valence-corrected chi connectivity index (χ3v) is 5.01. The first-order valence-electron chi connectivity index (χ1n) is 8.00. The Morgan fingerprint density at radius 1 is 1.32 bits per heavy atom. The predicted octanol–water partition coefficient (Wildman–Crippen LogP) is 2.49. The zero-order chi connectivity index (χ0) is 18.2. The van der Waals surface area contributed by atoms with Gasteiger partial charge >= 0.3 is 12.1 Å². The van der Waals surface area contributed by atoms with Gasteiger partial charge in [-0.1, -0.05) is 18.2 Å². The SMILES string of the molecule is O=C(CCC(F)(F)F)N1C[C@H]2COc3ccccc3C[C@@]2(C(=O)O)C1. The van der Waals surface area contributed by atoms with Crippen LogP contribution in [-0.2, 0) is 16.0 Å². The van der Waals surface area contributed by atoms with Gasteiger partial charge in [0.2, 0.25) is 5.91 Å². The molecule has 136 valence electrons. The maximum absolute atomic E-state index is 12.3. The summed E-state index contributed by atoms with van der Waals surface area (Å²) in [4.78, 5) is 25.4. The number of carboxylic acid groups (broad SMARTS) is 1. The summed E-state index contributed by atoms with van der Waals surface area (Å²) in [5.41, 5.74) is -0.502. The lowest BCUT2D eigenvalue weighted by Crippen LogP contribution is -2.42. The minimum atomic E-state index is -4.41. The number of aliphatic carboxylic acids is 1. The van der Waals surface area contributed by atoms with Gasteiger partial charge in [-0.15, -0.1) is 0 Å². The highest BCUT2D eigenvalue weighted by molar-refractivity contribution is 5.81. The average Bonchev–Trinajstić information content (AvgIpc) is 2.83. The van der Waals surface area contributed by atoms with Crippen LogP contribution in [0.1, 0.15) is 18.4 Å². The van der Waals surface area contributed by atoms with E-state index in [0.717, 1.165) is 5.56 Å². The molecule has 8 heteroatoms. The molecule has 1 N–H and O–H groups in total. The summed E-state index contributed by atoms with van der Waals surface area (Å²) in [6.07, 6.45) is -6.09. The summed E-state index contributed by atoms with van der Waals surface area (Å²) in [5, 5.41) is 9.83. The van der Waals surface area contributed by atoms with Gasteiger partial charge in [0, 0.05) is 25.4 Å². The molecule has 0 bridgehead atoms. The number of rotatable bonds is 3. The van der Waals surface area contributed by atoms with E-state index in [4.69, 9.17) is 4.74 Å². The van der Waals surface area contributed by atoms with E-state index in [1.54, 1.807) is 24.3 Å². The van der Waals surface area contributed by atoms with Gasteiger partial charge in [0.25, 0.3) is 0 Å². The second kappa shape index (κ2) is 6.24. The van der Waals surface area contributed by atoms with Crippen molar-refractivity contribution in [1.82, 2.24) is 4.90 Å². The van der Waals surface area contributed by atoms with E-state index in [-0.39, 0.29) is 26.1 Å². The zero-order valence-electron chi connectivity index (χ0n) is 13.4. The summed E-state index contributed by atoms with van der Waals surface area (Å²) in [6, 6.07) is 7.11. The number of fused-ring (bicyclic) bond motifs is 2. The van der Waals surface area contributed by atoms with Crippen LogP contribution in [0.5, 0.6) is 5.75 Å². The van der Waals surface area contributed by atoms with Gasteiger partial charge < -0.3 is 14.7 Å². The Morgan fingerprint density at radius 3 is 2.72 bits per heavy atom. The van der Waals surface area contributed by atoms with Crippen LogP contribution in [-0.4, -0.2) is 47.8 Å². The van der Waals surface area contributed by atoms with Gasteiger partial charge in [0.15, 0.2) is 0 Å². The quantitative estimate of drug-likeness (QED) is 0.903. The highest BCUT2D eigenvalue weighted by Crippen LogP contribution is 2.44. The molecule has 1 amide bonds. The lowest BCUT2D eigenvalue weighted by atomic mass is 9.74. The van der Waals surface area contributed by atoms with Crippen molar-refractivity contribution in [3.05, 3.63) is 29.8 Å². The molecule has 0 saturated carbocycles. The zero-order valence-corrected chi connectivity index (χ0v) is 13.4. The number of benzene rings is 1. The van der Waals surface area contributed by atoms with Crippen molar-refractivity contribution >= 4 is 11.9 Å². The second-order valence-electron chi connectivity index (χ2n) is 6.64. The first-order chi connectivity index (χ1) is 11.7. The molecule has 1 aromatic carbocycles. The van der Waals surface area contributed by atoms with Crippen LogP contribution in [0.15, 0.2) is 24.3 Å². The number of alkyl halides is 3. The van der Waals surface area contributed by atoms with Crippen molar-refractivity contribution < 1.29 is 32.6 Å². The molecule has 0 aromatic heterocycles. The fourth-order valence-electron chi connectivity index (χ4n) is 3.62. The monoisotopic (exact) mass is 357 g/mol. The summed E-state index contributed by atoms with van der Waals surface area (Å²) in [5.74, 6) is -1.57. The van der Waals surface area contributed by atoms with E-state index < -0.39 is 42.2 Å². The van der Waals surface area contributed by atoms with Crippen molar-refractivity contribution in [1.29, 1.82) is 0 Å². The molecule has 0 radical (unpaired) electrons. The van der Waals surface area contributed by atoms with Gasteiger partial charge in [-0.3, -0.25) is 9.59 Å². The first-order valence-corrected chi connectivity index (χ1v) is 8.00. The lowest BCUT2D eigenvalue weighted by Gasteiger charge is -2.27. The fraction of sp³-hybridized carbons (Fsp3) is 0.529. The normalized spacial score (nSPS) is 25.6. The molecule has 2 atom stereocenters. The Morgan fingerprint density at radius 2 is 2.04 bits per heavy atom. The Balaban J connectivity index is 1.81. The molecule has 2 aliphatic heterocycles. The molecule has 0 unspecified atom stereocenters. The molecule has 2 heterocycles. The van der Waals surface area contributed by atoms with E-state index in [1.807, 2.05) is 0 Å². The van der Waals surface area contributed by atoms with Crippen LogP contribution in [0.2, 0.25) is 0 Å². The van der Waals surface area contributed by atoms with E-state index in [2.05, 4.69) is 0 Å². The molecule has 1 saturated heterocycles. The molecule has 1 aromatic rings. The van der Waals surface area contributed by atoms with Crippen LogP contribution < -0.4 is 4.74 Å². The number of halogens is 3.